The number of carbonyl (C=O) groups excluding carboxylic acids is 1. The molecule has 1 aliphatic heterocycles. The fraction of sp³-hybridized carbons (Fsp3) is 0.559. The van der Waals surface area contributed by atoms with E-state index in [4.69, 9.17) is 9.47 Å². The molecule has 3 saturated carbocycles. The van der Waals surface area contributed by atoms with E-state index in [1.54, 1.807) is 7.11 Å². The molecule has 5 aliphatic rings. The average molecular weight is 523 g/mol. The van der Waals surface area contributed by atoms with Gasteiger partial charge in [-0.25, -0.2) is 0 Å². The Bertz CT molecular complexity index is 1390. The average Bonchev–Trinajstić information content (AvgIpc) is 3.30. The molecule has 0 aromatic heterocycles. The summed E-state index contributed by atoms with van der Waals surface area (Å²) in [5.74, 6) is 4.04. The van der Waals surface area contributed by atoms with E-state index in [-0.39, 0.29) is 16.7 Å². The minimum absolute atomic E-state index is 0.0511. The predicted octanol–water partition coefficient (Wildman–Crippen LogP) is 7.53. The van der Waals surface area contributed by atoms with Crippen LogP contribution in [0.4, 0.5) is 0 Å². The number of hydrogen-bond acceptors (Lipinski definition) is 5. The maximum atomic E-state index is 12.2. The SMILES string of the molecule is COc1ccc(C2C(C#N)=C(C)OC(C3CC[C@H]4[C@@H]5CCC6=CC(=O)CC[C@]6(C)[C@H]5CC[C@]34C)=C2C#N)cc1. The molecule has 5 heteroatoms. The van der Waals surface area contributed by atoms with Gasteiger partial charge in [0, 0.05) is 12.3 Å². The number of carbonyl (C=O) groups is 1. The lowest BCUT2D eigenvalue weighted by Gasteiger charge is -2.58. The normalized spacial score (nSPS) is 37.5. The van der Waals surface area contributed by atoms with Crippen LogP contribution in [0.2, 0.25) is 0 Å². The summed E-state index contributed by atoms with van der Waals surface area (Å²) in [6.45, 7) is 6.74. The van der Waals surface area contributed by atoms with Gasteiger partial charge >= 0.3 is 0 Å². The van der Waals surface area contributed by atoms with Crippen LogP contribution in [-0.4, -0.2) is 12.9 Å². The predicted molar refractivity (Wildman–Crippen MR) is 148 cm³/mol. The Labute approximate surface area is 232 Å². The topological polar surface area (TPSA) is 83.1 Å². The highest BCUT2D eigenvalue weighted by molar-refractivity contribution is 5.91. The van der Waals surface area contributed by atoms with Crippen molar-refractivity contribution in [2.75, 3.05) is 7.11 Å². The number of nitriles is 2. The monoisotopic (exact) mass is 522 g/mol. The summed E-state index contributed by atoms with van der Waals surface area (Å²) in [7, 11) is 1.64. The van der Waals surface area contributed by atoms with Gasteiger partial charge in [0.05, 0.1) is 36.3 Å². The van der Waals surface area contributed by atoms with Gasteiger partial charge in [0.2, 0.25) is 0 Å². The first kappa shape index (κ1) is 25.9. The molecule has 2 unspecified atom stereocenters. The number of nitrogens with zero attached hydrogens (tertiary/aromatic N) is 2. The second kappa shape index (κ2) is 9.41. The van der Waals surface area contributed by atoms with Crippen molar-refractivity contribution in [3.63, 3.8) is 0 Å². The molecule has 1 aromatic rings. The molecule has 0 N–H and O–H groups in total. The molecule has 0 spiro atoms. The zero-order valence-electron chi connectivity index (χ0n) is 23.5. The van der Waals surface area contributed by atoms with Gasteiger partial charge in [-0.1, -0.05) is 31.6 Å². The highest BCUT2D eigenvalue weighted by atomic mass is 16.5. The lowest BCUT2D eigenvalue weighted by molar-refractivity contribution is -0.117. The van der Waals surface area contributed by atoms with Crippen LogP contribution in [0.1, 0.15) is 83.6 Å². The second-order valence-corrected chi connectivity index (χ2v) is 12.9. The van der Waals surface area contributed by atoms with Gasteiger partial charge < -0.3 is 9.47 Å². The Morgan fingerprint density at radius 3 is 2.38 bits per heavy atom. The molecule has 1 heterocycles. The van der Waals surface area contributed by atoms with Crippen LogP contribution in [-0.2, 0) is 9.53 Å². The van der Waals surface area contributed by atoms with Gasteiger partial charge in [-0.15, -0.1) is 0 Å². The van der Waals surface area contributed by atoms with Crippen LogP contribution < -0.4 is 4.74 Å². The van der Waals surface area contributed by atoms with E-state index in [1.807, 2.05) is 37.3 Å². The van der Waals surface area contributed by atoms with Crippen LogP contribution in [0.25, 0.3) is 0 Å². The minimum atomic E-state index is -0.422. The van der Waals surface area contributed by atoms with Crippen LogP contribution in [0.5, 0.6) is 5.75 Å². The van der Waals surface area contributed by atoms with E-state index in [0.717, 1.165) is 62.0 Å². The number of fused-ring (bicyclic) bond motifs is 5. The van der Waals surface area contributed by atoms with Gasteiger partial charge in [0.1, 0.15) is 17.3 Å². The third kappa shape index (κ3) is 3.81. The van der Waals surface area contributed by atoms with E-state index >= 15 is 0 Å². The smallest absolute Gasteiger partial charge is 0.155 e. The zero-order chi connectivity index (χ0) is 27.5. The third-order valence-electron chi connectivity index (χ3n) is 11.5. The number of allylic oxidation sites excluding steroid dienone is 5. The van der Waals surface area contributed by atoms with Crippen molar-refractivity contribution in [1.82, 2.24) is 0 Å². The maximum absolute atomic E-state index is 12.2. The molecule has 5 nitrogen and oxygen atoms in total. The number of methoxy groups -OCH3 is 1. The largest absolute Gasteiger partial charge is 0.497 e. The summed E-state index contributed by atoms with van der Waals surface area (Å²) in [4.78, 5) is 12.2. The minimum Gasteiger partial charge on any atom is -0.497 e. The van der Waals surface area contributed by atoms with Crippen LogP contribution in [0, 0.1) is 57.2 Å². The fourth-order valence-electron chi connectivity index (χ4n) is 9.41. The lowest BCUT2D eigenvalue weighted by Crippen LogP contribution is -2.50. The standard InChI is InChI=1S/C34H38N2O3/c1-20-26(18-35)31(21-5-8-24(38-4)9-6-21)27(19-36)32(39-20)30-12-11-28-25-10-7-22-17-23(37)13-15-33(22,2)29(25)14-16-34(28,30)3/h5-6,8-9,17,25,28-31H,7,10-16H2,1-4H3/t25-,28-,29-,30?,31?,33-,34-/m0/s1. The Morgan fingerprint density at radius 2 is 1.69 bits per heavy atom. The Kier molecular flexibility index (Phi) is 6.26. The van der Waals surface area contributed by atoms with Gasteiger partial charge in [-0.3, -0.25) is 4.79 Å². The van der Waals surface area contributed by atoms with E-state index in [9.17, 15) is 15.3 Å². The van der Waals surface area contributed by atoms with Crippen LogP contribution >= 0.6 is 0 Å². The first-order chi connectivity index (χ1) is 18.7. The van der Waals surface area contributed by atoms with Crippen LogP contribution in [0.15, 0.2) is 58.6 Å². The first-order valence-corrected chi connectivity index (χ1v) is 14.6. The Hall–Kier alpha value is -3.31. The van der Waals surface area contributed by atoms with Crippen molar-refractivity contribution in [3.05, 3.63) is 64.1 Å². The fourth-order valence-corrected chi connectivity index (χ4v) is 9.41. The molecule has 39 heavy (non-hydrogen) atoms. The number of ketones is 1. The van der Waals surface area contributed by atoms with Crippen molar-refractivity contribution >= 4 is 5.78 Å². The third-order valence-corrected chi connectivity index (χ3v) is 11.5. The molecule has 0 radical (unpaired) electrons. The molecule has 202 valence electrons. The Balaban J connectivity index is 1.37. The van der Waals surface area contributed by atoms with Gasteiger partial charge in [0.15, 0.2) is 5.78 Å². The second-order valence-electron chi connectivity index (χ2n) is 12.9. The van der Waals surface area contributed by atoms with E-state index in [2.05, 4.69) is 26.0 Å². The summed E-state index contributed by atoms with van der Waals surface area (Å²) in [6.07, 6.45) is 10.3. The summed E-state index contributed by atoms with van der Waals surface area (Å²) in [5, 5.41) is 20.6. The van der Waals surface area contributed by atoms with Crippen molar-refractivity contribution in [3.8, 4) is 17.9 Å². The lowest BCUT2D eigenvalue weighted by atomic mass is 9.46. The highest BCUT2D eigenvalue weighted by Crippen LogP contribution is 2.68. The molecule has 1 aromatic carbocycles. The van der Waals surface area contributed by atoms with E-state index in [1.165, 1.54) is 5.57 Å². The maximum Gasteiger partial charge on any atom is 0.155 e. The highest BCUT2D eigenvalue weighted by Gasteiger charge is 2.60. The number of hydrogen-bond donors (Lipinski definition) is 0. The molecule has 6 rings (SSSR count). The molecule has 3 fully saturated rings. The molecule has 4 aliphatic carbocycles. The molecule has 0 saturated heterocycles. The number of benzene rings is 1. The van der Waals surface area contributed by atoms with Crippen molar-refractivity contribution in [2.24, 2.45) is 34.5 Å². The summed E-state index contributed by atoms with van der Waals surface area (Å²) < 4.78 is 11.8. The van der Waals surface area contributed by atoms with E-state index in [0.29, 0.717) is 46.9 Å². The van der Waals surface area contributed by atoms with Crippen molar-refractivity contribution in [2.45, 2.75) is 78.1 Å². The van der Waals surface area contributed by atoms with Crippen molar-refractivity contribution in [1.29, 1.82) is 10.5 Å². The van der Waals surface area contributed by atoms with E-state index < -0.39 is 5.92 Å². The van der Waals surface area contributed by atoms with Crippen molar-refractivity contribution < 1.29 is 14.3 Å². The zero-order valence-corrected chi connectivity index (χ0v) is 23.5. The summed E-state index contributed by atoms with van der Waals surface area (Å²) >= 11 is 0. The summed E-state index contributed by atoms with van der Waals surface area (Å²) in [5.41, 5.74) is 3.61. The molecular formula is C34H38N2O3. The molecule has 7 atom stereocenters. The Morgan fingerprint density at radius 1 is 0.949 bits per heavy atom. The molecule has 0 bridgehead atoms. The van der Waals surface area contributed by atoms with Gasteiger partial charge in [-0.2, -0.15) is 10.5 Å². The first-order valence-electron chi connectivity index (χ1n) is 14.6. The number of ether oxygens (including phenoxy) is 2. The number of rotatable bonds is 3. The summed E-state index contributed by atoms with van der Waals surface area (Å²) in [6, 6.07) is 12.6. The molecular weight excluding hydrogens is 484 g/mol. The van der Waals surface area contributed by atoms with Crippen LogP contribution in [0.3, 0.4) is 0 Å². The quantitative estimate of drug-likeness (QED) is 0.410. The molecule has 0 amide bonds. The van der Waals surface area contributed by atoms with Gasteiger partial charge in [0.25, 0.3) is 0 Å². The van der Waals surface area contributed by atoms with Gasteiger partial charge in [-0.05, 0) is 104 Å².